The van der Waals surface area contributed by atoms with E-state index < -0.39 is 17.8 Å². The zero-order valence-electron chi connectivity index (χ0n) is 22.1. The number of rotatable bonds is 10. The van der Waals surface area contributed by atoms with E-state index in [9.17, 15) is 13.2 Å². The molecular weight excluding hydrogens is 457 g/mol. The maximum atomic E-state index is 14.7. The standard InChI is InChI=1S/C32H43F3O/c1-3-5-22-8-14-25(15-9-22)26-16-10-23(11-17-26)6-7-24-12-18-27(19-13-24)28-20-21-29(36-4-2)31(33)30(28)32(34)35/h12-13,18-23,25-26,32H,3-11,14-17H2,1-2H3. The molecule has 1 nitrogen and oxygen atoms in total. The SMILES string of the molecule is CCCC1CCC(C2CCC(CCc3ccc(-c4ccc(OCC)c(F)c4C(F)F)cc3)CC2)CC1. The molecule has 0 unspecified atom stereocenters. The van der Waals surface area contributed by atoms with Crippen molar-refractivity contribution in [2.24, 2.45) is 23.7 Å². The van der Waals surface area contributed by atoms with Crippen molar-refractivity contribution in [3.8, 4) is 16.9 Å². The van der Waals surface area contributed by atoms with Crippen molar-refractivity contribution in [3.63, 3.8) is 0 Å². The summed E-state index contributed by atoms with van der Waals surface area (Å²) in [5.41, 5.74) is 1.49. The highest BCUT2D eigenvalue weighted by Crippen LogP contribution is 2.43. The Balaban J connectivity index is 1.28. The normalized spacial score (nSPS) is 24.7. The minimum atomic E-state index is -2.90. The molecule has 0 heterocycles. The van der Waals surface area contributed by atoms with E-state index in [1.54, 1.807) is 13.0 Å². The van der Waals surface area contributed by atoms with Crippen LogP contribution in [0.1, 0.15) is 102 Å². The summed E-state index contributed by atoms with van der Waals surface area (Å²) in [4.78, 5) is 0. The molecule has 2 aromatic rings. The van der Waals surface area contributed by atoms with Crippen molar-refractivity contribution in [2.75, 3.05) is 6.61 Å². The number of hydrogen-bond donors (Lipinski definition) is 0. The fraction of sp³-hybridized carbons (Fsp3) is 0.625. The van der Waals surface area contributed by atoms with Crippen molar-refractivity contribution < 1.29 is 17.9 Å². The molecule has 0 atom stereocenters. The maximum absolute atomic E-state index is 14.7. The second-order valence-corrected chi connectivity index (χ2v) is 11.2. The van der Waals surface area contributed by atoms with Gasteiger partial charge in [-0.25, -0.2) is 13.2 Å². The first-order valence-corrected chi connectivity index (χ1v) is 14.3. The number of aryl methyl sites for hydroxylation is 1. The van der Waals surface area contributed by atoms with Crippen LogP contribution in [0.3, 0.4) is 0 Å². The third-order valence-corrected chi connectivity index (χ3v) is 8.92. The van der Waals surface area contributed by atoms with Crippen LogP contribution >= 0.6 is 0 Å². The highest BCUT2D eigenvalue weighted by atomic mass is 19.3. The third kappa shape index (κ3) is 6.66. The van der Waals surface area contributed by atoms with Gasteiger partial charge in [0.25, 0.3) is 6.43 Å². The van der Waals surface area contributed by atoms with Gasteiger partial charge >= 0.3 is 0 Å². The minimum Gasteiger partial charge on any atom is -0.491 e. The predicted octanol–water partition coefficient (Wildman–Crippen LogP) is 10.2. The van der Waals surface area contributed by atoms with Gasteiger partial charge in [-0.05, 0) is 97.9 Å². The molecule has 36 heavy (non-hydrogen) atoms. The van der Waals surface area contributed by atoms with Gasteiger partial charge in [0.1, 0.15) is 0 Å². The molecule has 0 N–H and O–H groups in total. The number of halogens is 3. The van der Waals surface area contributed by atoms with Gasteiger partial charge in [-0.1, -0.05) is 69.7 Å². The van der Waals surface area contributed by atoms with Gasteiger partial charge in [0.15, 0.2) is 11.6 Å². The summed E-state index contributed by atoms with van der Waals surface area (Å²) < 4.78 is 47.2. The van der Waals surface area contributed by atoms with Crippen molar-refractivity contribution in [3.05, 3.63) is 53.3 Å². The average Bonchev–Trinajstić information content (AvgIpc) is 2.90. The summed E-state index contributed by atoms with van der Waals surface area (Å²) in [6.45, 7) is 4.25. The number of ether oxygens (including phenoxy) is 1. The van der Waals surface area contributed by atoms with E-state index in [2.05, 4.69) is 6.92 Å². The van der Waals surface area contributed by atoms with Gasteiger partial charge in [-0.15, -0.1) is 0 Å². The largest absolute Gasteiger partial charge is 0.491 e. The van der Waals surface area contributed by atoms with E-state index in [4.69, 9.17) is 4.74 Å². The maximum Gasteiger partial charge on any atom is 0.267 e. The van der Waals surface area contributed by atoms with Crippen LogP contribution in [0.5, 0.6) is 5.75 Å². The van der Waals surface area contributed by atoms with Crippen LogP contribution in [0, 0.1) is 29.5 Å². The van der Waals surface area contributed by atoms with E-state index in [-0.39, 0.29) is 17.9 Å². The van der Waals surface area contributed by atoms with E-state index in [0.29, 0.717) is 5.56 Å². The van der Waals surface area contributed by atoms with Crippen molar-refractivity contribution in [1.29, 1.82) is 0 Å². The molecule has 0 bridgehead atoms. The van der Waals surface area contributed by atoms with Crippen LogP contribution < -0.4 is 4.74 Å². The van der Waals surface area contributed by atoms with E-state index >= 15 is 0 Å². The van der Waals surface area contributed by atoms with Crippen LogP contribution in [0.2, 0.25) is 0 Å². The quantitative estimate of drug-likeness (QED) is 0.315. The van der Waals surface area contributed by atoms with Crippen molar-refractivity contribution in [2.45, 2.75) is 97.3 Å². The van der Waals surface area contributed by atoms with Crippen molar-refractivity contribution >= 4 is 0 Å². The molecule has 0 spiro atoms. The summed E-state index contributed by atoms with van der Waals surface area (Å²) in [6, 6.07) is 10.7. The molecule has 0 aromatic heterocycles. The third-order valence-electron chi connectivity index (χ3n) is 8.92. The molecular formula is C32H43F3O. The summed E-state index contributed by atoms with van der Waals surface area (Å²) in [5, 5.41) is 0. The number of benzene rings is 2. The minimum absolute atomic E-state index is 0.118. The summed E-state index contributed by atoms with van der Waals surface area (Å²) in [7, 11) is 0. The van der Waals surface area contributed by atoms with E-state index in [0.717, 1.165) is 30.1 Å². The Morgan fingerprint density at radius 3 is 1.89 bits per heavy atom. The Bertz CT molecular complexity index is 939. The Labute approximate surface area is 215 Å². The lowest BCUT2D eigenvalue weighted by atomic mass is 9.68. The van der Waals surface area contributed by atoms with E-state index in [1.807, 2.05) is 24.3 Å². The molecule has 2 aromatic carbocycles. The van der Waals surface area contributed by atoms with E-state index in [1.165, 1.54) is 82.3 Å². The summed E-state index contributed by atoms with van der Waals surface area (Å²) >= 11 is 0. The molecule has 4 heteroatoms. The molecule has 2 fully saturated rings. The molecule has 0 amide bonds. The lowest BCUT2D eigenvalue weighted by Gasteiger charge is -2.38. The van der Waals surface area contributed by atoms with Gasteiger partial charge in [0.2, 0.25) is 0 Å². The highest BCUT2D eigenvalue weighted by Gasteiger charge is 2.30. The lowest BCUT2D eigenvalue weighted by molar-refractivity contribution is 0.141. The fourth-order valence-electron chi connectivity index (χ4n) is 6.83. The topological polar surface area (TPSA) is 9.23 Å². The molecule has 2 saturated carbocycles. The predicted molar refractivity (Wildman–Crippen MR) is 142 cm³/mol. The Hall–Kier alpha value is -1.97. The molecule has 198 valence electrons. The molecule has 2 aliphatic rings. The van der Waals surface area contributed by atoms with Gasteiger partial charge in [-0.3, -0.25) is 0 Å². The number of hydrogen-bond acceptors (Lipinski definition) is 1. The van der Waals surface area contributed by atoms with Crippen molar-refractivity contribution in [1.82, 2.24) is 0 Å². The fourth-order valence-corrected chi connectivity index (χ4v) is 6.83. The van der Waals surface area contributed by atoms with Crippen LogP contribution in [0.4, 0.5) is 13.2 Å². The molecule has 0 aliphatic heterocycles. The smallest absolute Gasteiger partial charge is 0.267 e. The van der Waals surface area contributed by atoms with Crippen LogP contribution in [0.25, 0.3) is 11.1 Å². The van der Waals surface area contributed by atoms with Gasteiger partial charge < -0.3 is 4.74 Å². The molecule has 4 rings (SSSR count). The Morgan fingerprint density at radius 2 is 1.36 bits per heavy atom. The summed E-state index contributed by atoms with van der Waals surface area (Å²) in [5.74, 6) is 2.62. The van der Waals surface area contributed by atoms with Crippen LogP contribution in [-0.2, 0) is 6.42 Å². The lowest BCUT2D eigenvalue weighted by Crippen LogP contribution is -2.26. The number of alkyl halides is 2. The monoisotopic (exact) mass is 500 g/mol. The van der Waals surface area contributed by atoms with Crippen LogP contribution in [-0.4, -0.2) is 6.61 Å². The second kappa shape index (κ2) is 13.0. The summed E-state index contributed by atoms with van der Waals surface area (Å²) in [6.07, 6.45) is 13.4. The zero-order valence-corrected chi connectivity index (χ0v) is 22.1. The van der Waals surface area contributed by atoms with Gasteiger partial charge in [0, 0.05) is 0 Å². The van der Waals surface area contributed by atoms with Gasteiger partial charge in [-0.2, -0.15) is 0 Å². The molecule has 0 radical (unpaired) electrons. The highest BCUT2D eigenvalue weighted by molar-refractivity contribution is 5.69. The zero-order chi connectivity index (χ0) is 25.5. The Kier molecular flexibility index (Phi) is 9.79. The second-order valence-electron chi connectivity index (χ2n) is 11.2. The molecule has 0 saturated heterocycles. The molecule has 2 aliphatic carbocycles. The Morgan fingerprint density at radius 1 is 0.778 bits per heavy atom. The van der Waals surface area contributed by atoms with Gasteiger partial charge in [0.05, 0.1) is 12.2 Å². The first-order valence-electron chi connectivity index (χ1n) is 14.3. The average molecular weight is 501 g/mol. The first-order chi connectivity index (χ1) is 17.5. The first kappa shape index (κ1) is 27.1. The van der Waals surface area contributed by atoms with Crippen LogP contribution in [0.15, 0.2) is 36.4 Å².